The number of carbonyl (C=O) groups excluding carboxylic acids is 1. The van der Waals surface area contributed by atoms with Crippen molar-refractivity contribution < 1.29 is 9.53 Å². The average Bonchev–Trinajstić information content (AvgIpc) is 2.31. The number of ether oxygens (including phenoxy) is 1. The van der Waals surface area contributed by atoms with Gasteiger partial charge in [-0.05, 0) is 20.0 Å². The predicted octanol–water partition coefficient (Wildman–Crippen LogP) is 1.78. The molecule has 0 bridgehead atoms. The summed E-state index contributed by atoms with van der Waals surface area (Å²) in [4.78, 5) is 17.2. The Morgan fingerprint density at radius 3 is 3.06 bits per heavy atom. The lowest BCUT2D eigenvalue weighted by molar-refractivity contribution is -0.114. The largest absolute Gasteiger partial charge is 0.490 e. The van der Waals surface area contributed by atoms with Crippen LogP contribution in [0.1, 0.15) is 13.3 Å². The van der Waals surface area contributed by atoms with Gasteiger partial charge in [-0.25, -0.2) is 4.98 Å². The second-order valence-corrected chi connectivity index (χ2v) is 4.78. The van der Waals surface area contributed by atoms with Crippen molar-refractivity contribution in [2.75, 3.05) is 25.5 Å². The lowest BCUT2D eigenvalue weighted by atomic mass is 10.1. The van der Waals surface area contributed by atoms with Crippen LogP contribution in [0.25, 0.3) is 0 Å². The molecule has 2 heterocycles. The van der Waals surface area contributed by atoms with Crippen LogP contribution in [0.4, 0.5) is 5.69 Å². The molecular weight excluding hydrogens is 254 g/mol. The molecule has 0 spiro atoms. The first-order valence-corrected chi connectivity index (χ1v) is 6.20. The van der Waals surface area contributed by atoms with E-state index in [1.54, 1.807) is 12.3 Å². The van der Waals surface area contributed by atoms with E-state index in [0.29, 0.717) is 24.1 Å². The molecule has 1 fully saturated rings. The standard InChI is InChI=1S/C12H16ClN3O2/c1-8(17)15-11-5-10(6-14-12(11)13)18-7-9-3-4-16(9)2/h5-6,9H,3-4,7H2,1-2H3,(H,15,17)/t9-/m0/s1. The summed E-state index contributed by atoms with van der Waals surface area (Å²) < 4.78 is 5.64. The van der Waals surface area contributed by atoms with Crippen molar-refractivity contribution in [2.24, 2.45) is 0 Å². The van der Waals surface area contributed by atoms with Crippen molar-refractivity contribution in [3.8, 4) is 5.75 Å². The Kier molecular flexibility index (Phi) is 4.04. The first kappa shape index (κ1) is 13.1. The summed E-state index contributed by atoms with van der Waals surface area (Å²) in [5, 5.41) is 2.88. The van der Waals surface area contributed by atoms with Gasteiger partial charge >= 0.3 is 0 Å². The fourth-order valence-electron chi connectivity index (χ4n) is 1.76. The van der Waals surface area contributed by atoms with Gasteiger partial charge in [-0.15, -0.1) is 0 Å². The predicted molar refractivity (Wildman–Crippen MR) is 70.1 cm³/mol. The third-order valence-corrected chi connectivity index (χ3v) is 3.31. The van der Waals surface area contributed by atoms with E-state index in [0.717, 1.165) is 13.0 Å². The molecule has 5 nitrogen and oxygen atoms in total. The number of nitrogens with one attached hydrogen (secondary N) is 1. The number of carbonyl (C=O) groups is 1. The number of rotatable bonds is 4. The SMILES string of the molecule is CC(=O)Nc1cc(OC[C@@H]2CCN2C)cnc1Cl. The second kappa shape index (κ2) is 5.54. The minimum absolute atomic E-state index is 0.186. The molecule has 0 radical (unpaired) electrons. The number of nitrogens with zero attached hydrogens (tertiary/aromatic N) is 2. The van der Waals surface area contributed by atoms with Crippen molar-refractivity contribution in [1.29, 1.82) is 0 Å². The molecule has 1 aromatic heterocycles. The molecule has 6 heteroatoms. The van der Waals surface area contributed by atoms with Crippen LogP contribution in [0.15, 0.2) is 12.3 Å². The number of pyridine rings is 1. The summed E-state index contributed by atoms with van der Waals surface area (Å²) in [5.41, 5.74) is 0.476. The van der Waals surface area contributed by atoms with E-state index < -0.39 is 0 Å². The van der Waals surface area contributed by atoms with E-state index in [1.165, 1.54) is 6.92 Å². The van der Waals surface area contributed by atoms with Gasteiger partial charge in [0.05, 0.1) is 11.9 Å². The molecule has 0 saturated carbocycles. The minimum atomic E-state index is -0.186. The molecule has 1 atom stereocenters. The Hall–Kier alpha value is -1.33. The van der Waals surface area contributed by atoms with Crippen LogP contribution in [-0.2, 0) is 4.79 Å². The number of aromatic nitrogens is 1. The Balaban J connectivity index is 1.97. The van der Waals surface area contributed by atoms with Crippen LogP contribution >= 0.6 is 11.6 Å². The normalized spacial score (nSPS) is 19.2. The van der Waals surface area contributed by atoms with Gasteiger partial charge in [0, 0.05) is 19.0 Å². The topological polar surface area (TPSA) is 54.5 Å². The lowest BCUT2D eigenvalue weighted by Crippen LogP contribution is -2.48. The summed E-state index contributed by atoms with van der Waals surface area (Å²) in [6.45, 7) is 3.16. The molecule has 98 valence electrons. The fraction of sp³-hybridized carbons (Fsp3) is 0.500. The third kappa shape index (κ3) is 3.11. The lowest BCUT2D eigenvalue weighted by Gasteiger charge is -2.37. The van der Waals surface area contributed by atoms with E-state index in [9.17, 15) is 4.79 Å². The zero-order valence-corrected chi connectivity index (χ0v) is 11.2. The van der Waals surface area contributed by atoms with Gasteiger partial charge in [0.1, 0.15) is 12.4 Å². The first-order chi connectivity index (χ1) is 8.56. The molecule has 1 aliphatic heterocycles. The van der Waals surface area contributed by atoms with E-state index >= 15 is 0 Å². The Labute approximate surface area is 111 Å². The highest BCUT2D eigenvalue weighted by Gasteiger charge is 2.24. The molecule has 2 rings (SSSR count). The summed E-state index contributed by atoms with van der Waals surface area (Å²) >= 11 is 5.88. The summed E-state index contributed by atoms with van der Waals surface area (Å²) in [6, 6.07) is 2.15. The number of likely N-dealkylation sites (N-methyl/N-ethyl adjacent to an activating group) is 1. The second-order valence-electron chi connectivity index (χ2n) is 4.42. The van der Waals surface area contributed by atoms with Gasteiger partial charge in [0.25, 0.3) is 0 Å². The Morgan fingerprint density at radius 1 is 1.72 bits per heavy atom. The molecule has 18 heavy (non-hydrogen) atoms. The number of anilines is 1. The van der Waals surface area contributed by atoms with E-state index in [1.807, 2.05) is 0 Å². The maximum Gasteiger partial charge on any atom is 0.221 e. The zero-order valence-electron chi connectivity index (χ0n) is 10.4. The van der Waals surface area contributed by atoms with Crippen LogP contribution in [0.5, 0.6) is 5.75 Å². The zero-order chi connectivity index (χ0) is 13.1. The molecule has 1 amide bonds. The molecular formula is C12H16ClN3O2. The number of likely N-dealkylation sites (tertiary alicyclic amines) is 1. The van der Waals surface area contributed by atoms with Crippen molar-refractivity contribution in [3.63, 3.8) is 0 Å². The summed E-state index contributed by atoms with van der Waals surface area (Å²) in [6.07, 6.45) is 2.71. The van der Waals surface area contributed by atoms with Crippen LogP contribution < -0.4 is 10.1 Å². The van der Waals surface area contributed by atoms with Gasteiger partial charge in [0.15, 0.2) is 5.15 Å². The van der Waals surface area contributed by atoms with Gasteiger partial charge in [-0.3, -0.25) is 9.69 Å². The summed E-state index contributed by atoms with van der Waals surface area (Å²) in [5.74, 6) is 0.429. The number of hydrogen-bond donors (Lipinski definition) is 1. The fourth-order valence-corrected chi connectivity index (χ4v) is 1.91. The smallest absolute Gasteiger partial charge is 0.221 e. The highest BCUT2D eigenvalue weighted by molar-refractivity contribution is 6.32. The highest BCUT2D eigenvalue weighted by atomic mass is 35.5. The van der Waals surface area contributed by atoms with Crippen molar-refractivity contribution in [2.45, 2.75) is 19.4 Å². The molecule has 0 aromatic carbocycles. The van der Waals surface area contributed by atoms with Crippen LogP contribution in [0.2, 0.25) is 5.15 Å². The molecule has 1 saturated heterocycles. The molecule has 1 aromatic rings. The van der Waals surface area contributed by atoms with Crippen LogP contribution in [-0.4, -0.2) is 42.0 Å². The van der Waals surface area contributed by atoms with Crippen LogP contribution in [0, 0.1) is 0 Å². The Morgan fingerprint density at radius 2 is 2.50 bits per heavy atom. The number of amides is 1. The van der Waals surface area contributed by atoms with E-state index in [4.69, 9.17) is 16.3 Å². The monoisotopic (exact) mass is 269 g/mol. The van der Waals surface area contributed by atoms with Crippen molar-refractivity contribution >= 4 is 23.2 Å². The maximum atomic E-state index is 11.0. The van der Waals surface area contributed by atoms with Gasteiger partial charge in [0.2, 0.25) is 5.91 Å². The quantitative estimate of drug-likeness (QED) is 0.847. The minimum Gasteiger partial charge on any atom is -0.490 e. The maximum absolute atomic E-state index is 11.0. The molecule has 1 N–H and O–H groups in total. The van der Waals surface area contributed by atoms with Crippen LogP contribution in [0.3, 0.4) is 0 Å². The van der Waals surface area contributed by atoms with Gasteiger partial charge in [-0.1, -0.05) is 11.6 Å². The molecule has 0 aliphatic carbocycles. The summed E-state index contributed by atoms with van der Waals surface area (Å²) in [7, 11) is 2.07. The number of hydrogen-bond acceptors (Lipinski definition) is 4. The van der Waals surface area contributed by atoms with Crippen molar-refractivity contribution in [1.82, 2.24) is 9.88 Å². The van der Waals surface area contributed by atoms with E-state index in [-0.39, 0.29) is 11.1 Å². The highest BCUT2D eigenvalue weighted by Crippen LogP contribution is 2.25. The number of halogens is 1. The average molecular weight is 270 g/mol. The van der Waals surface area contributed by atoms with Gasteiger partial charge < -0.3 is 10.1 Å². The Bertz CT molecular complexity index is 453. The van der Waals surface area contributed by atoms with E-state index in [2.05, 4.69) is 22.2 Å². The first-order valence-electron chi connectivity index (χ1n) is 5.82. The third-order valence-electron chi connectivity index (χ3n) is 3.01. The molecule has 1 aliphatic rings. The molecule has 0 unspecified atom stereocenters. The van der Waals surface area contributed by atoms with Crippen molar-refractivity contribution in [3.05, 3.63) is 17.4 Å². The van der Waals surface area contributed by atoms with Gasteiger partial charge in [-0.2, -0.15) is 0 Å².